The molecule has 0 saturated heterocycles. The maximum absolute atomic E-state index is 13.2. The van der Waals surface area contributed by atoms with Crippen molar-refractivity contribution in [2.45, 2.75) is 24.8 Å². The van der Waals surface area contributed by atoms with Crippen molar-refractivity contribution in [2.75, 3.05) is 10.8 Å². The summed E-state index contributed by atoms with van der Waals surface area (Å²) in [6.45, 7) is 3.18. The lowest BCUT2D eigenvalue weighted by atomic mass is 10.3. The van der Waals surface area contributed by atoms with Gasteiger partial charge in [0.25, 0.3) is 10.0 Å². The number of amides is 1. The molecule has 0 atom stereocenters. The fraction of sp³-hybridized carbons (Fsp3) is 0.235. The maximum atomic E-state index is 13.2. The zero-order valence-corrected chi connectivity index (χ0v) is 14.3. The van der Waals surface area contributed by atoms with Gasteiger partial charge in [0, 0.05) is 6.04 Å². The summed E-state index contributed by atoms with van der Waals surface area (Å²) in [6, 6.07) is 12.7. The number of halogens is 1. The molecule has 0 unspecified atom stereocenters. The zero-order valence-electron chi connectivity index (χ0n) is 13.4. The van der Waals surface area contributed by atoms with Crippen molar-refractivity contribution < 1.29 is 17.6 Å². The Labute approximate surface area is 141 Å². The fourth-order valence-corrected chi connectivity index (χ4v) is 3.58. The largest absolute Gasteiger partial charge is 0.352 e. The molecule has 0 aliphatic rings. The minimum Gasteiger partial charge on any atom is -0.352 e. The van der Waals surface area contributed by atoms with E-state index in [0.29, 0.717) is 0 Å². The highest BCUT2D eigenvalue weighted by molar-refractivity contribution is 7.92. The number of nitrogens with zero attached hydrogens (tertiary/aromatic N) is 1. The summed E-state index contributed by atoms with van der Waals surface area (Å²) < 4.78 is 39.9. The van der Waals surface area contributed by atoms with Crippen LogP contribution in [0.15, 0.2) is 59.5 Å². The number of benzene rings is 2. The minimum atomic E-state index is -3.95. The van der Waals surface area contributed by atoms with Gasteiger partial charge in [-0.15, -0.1) is 0 Å². The van der Waals surface area contributed by atoms with Crippen LogP contribution in [0.1, 0.15) is 13.8 Å². The molecule has 7 heteroatoms. The van der Waals surface area contributed by atoms with Crippen molar-refractivity contribution in [3.63, 3.8) is 0 Å². The smallest absolute Gasteiger partial charge is 0.264 e. The van der Waals surface area contributed by atoms with Gasteiger partial charge in [-0.1, -0.05) is 18.2 Å². The molecule has 24 heavy (non-hydrogen) atoms. The SMILES string of the molecule is CC(C)NC(=O)CN(c1ccc(F)cc1)S(=O)(=O)c1ccccc1. The van der Waals surface area contributed by atoms with E-state index in [-0.39, 0.29) is 23.2 Å². The normalized spacial score (nSPS) is 11.3. The van der Waals surface area contributed by atoms with Crippen LogP contribution in [-0.2, 0) is 14.8 Å². The molecule has 0 aliphatic carbocycles. The highest BCUT2D eigenvalue weighted by atomic mass is 32.2. The minimum absolute atomic E-state index is 0.0617. The summed E-state index contributed by atoms with van der Waals surface area (Å²) in [5.41, 5.74) is 0.221. The molecule has 1 amide bonds. The van der Waals surface area contributed by atoms with Crippen LogP contribution in [-0.4, -0.2) is 26.9 Å². The Bertz CT molecular complexity index is 790. The molecule has 0 saturated carbocycles. The Balaban J connectivity index is 2.42. The lowest BCUT2D eigenvalue weighted by Gasteiger charge is -2.24. The third-order valence-electron chi connectivity index (χ3n) is 3.18. The summed E-state index contributed by atoms with van der Waals surface area (Å²) in [5, 5.41) is 2.66. The first-order valence-corrected chi connectivity index (χ1v) is 8.87. The third-order valence-corrected chi connectivity index (χ3v) is 4.97. The maximum Gasteiger partial charge on any atom is 0.264 e. The molecule has 0 spiro atoms. The second kappa shape index (κ2) is 7.44. The predicted octanol–water partition coefficient (Wildman–Crippen LogP) is 2.55. The molecule has 1 N–H and O–H groups in total. The van der Waals surface area contributed by atoms with E-state index >= 15 is 0 Å². The van der Waals surface area contributed by atoms with Gasteiger partial charge in [-0.05, 0) is 50.2 Å². The monoisotopic (exact) mass is 350 g/mol. The predicted molar refractivity (Wildman–Crippen MR) is 90.7 cm³/mol. The van der Waals surface area contributed by atoms with Gasteiger partial charge in [-0.25, -0.2) is 12.8 Å². The number of hydrogen-bond donors (Lipinski definition) is 1. The zero-order chi connectivity index (χ0) is 17.7. The van der Waals surface area contributed by atoms with E-state index in [0.717, 1.165) is 16.4 Å². The molecule has 128 valence electrons. The Kier molecular flexibility index (Phi) is 5.56. The highest BCUT2D eigenvalue weighted by Crippen LogP contribution is 2.23. The second-order valence-corrected chi connectivity index (χ2v) is 7.39. The van der Waals surface area contributed by atoms with Crippen LogP contribution in [0, 0.1) is 5.82 Å². The molecule has 2 aromatic carbocycles. The highest BCUT2D eigenvalue weighted by Gasteiger charge is 2.27. The van der Waals surface area contributed by atoms with Gasteiger partial charge >= 0.3 is 0 Å². The molecule has 0 aliphatic heterocycles. The van der Waals surface area contributed by atoms with Crippen molar-refractivity contribution in [1.82, 2.24) is 5.32 Å². The van der Waals surface area contributed by atoms with Crippen molar-refractivity contribution in [2.24, 2.45) is 0 Å². The number of hydrogen-bond acceptors (Lipinski definition) is 3. The Morgan fingerprint density at radius 2 is 1.67 bits per heavy atom. The quantitative estimate of drug-likeness (QED) is 0.871. The molecule has 2 rings (SSSR count). The summed E-state index contributed by atoms with van der Waals surface area (Å²) in [4.78, 5) is 12.2. The first-order chi connectivity index (χ1) is 11.3. The Morgan fingerprint density at radius 3 is 2.21 bits per heavy atom. The molecule has 0 aromatic heterocycles. The average Bonchev–Trinajstić information content (AvgIpc) is 2.54. The first kappa shape index (κ1) is 17.9. The standard InChI is InChI=1S/C17H19FN2O3S/c1-13(2)19-17(21)12-20(15-10-8-14(18)9-11-15)24(22,23)16-6-4-3-5-7-16/h3-11,13H,12H2,1-2H3,(H,19,21). The number of rotatable bonds is 6. The molecule has 0 heterocycles. The van der Waals surface area contributed by atoms with Crippen LogP contribution in [0.2, 0.25) is 0 Å². The van der Waals surface area contributed by atoms with Crippen LogP contribution in [0.5, 0.6) is 0 Å². The number of sulfonamides is 1. The van der Waals surface area contributed by atoms with Crippen molar-refractivity contribution in [3.05, 3.63) is 60.4 Å². The third kappa shape index (κ3) is 4.32. The molecule has 0 radical (unpaired) electrons. The average molecular weight is 350 g/mol. The summed E-state index contributed by atoms with van der Waals surface area (Å²) in [7, 11) is -3.95. The van der Waals surface area contributed by atoms with E-state index in [1.54, 1.807) is 32.0 Å². The van der Waals surface area contributed by atoms with Gasteiger partial charge < -0.3 is 5.32 Å². The number of nitrogens with one attached hydrogen (secondary N) is 1. The molecule has 5 nitrogen and oxygen atoms in total. The molecule has 0 bridgehead atoms. The van der Waals surface area contributed by atoms with Crippen LogP contribution < -0.4 is 9.62 Å². The number of carbonyl (C=O) groups excluding carboxylic acids is 1. The van der Waals surface area contributed by atoms with Gasteiger partial charge in [0.1, 0.15) is 12.4 Å². The summed E-state index contributed by atoms with van der Waals surface area (Å²) in [6.07, 6.45) is 0. The van der Waals surface area contributed by atoms with E-state index in [2.05, 4.69) is 5.32 Å². The lowest BCUT2D eigenvalue weighted by molar-refractivity contribution is -0.120. The van der Waals surface area contributed by atoms with E-state index in [9.17, 15) is 17.6 Å². The van der Waals surface area contributed by atoms with Gasteiger partial charge in [0.2, 0.25) is 5.91 Å². The Hall–Kier alpha value is -2.41. The van der Waals surface area contributed by atoms with E-state index in [1.165, 1.54) is 24.3 Å². The van der Waals surface area contributed by atoms with Crippen molar-refractivity contribution in [1.29, 1.82) is 0 Å². The number of anilines is 1. The van der Waals surface area contributed by atoms with E-state index < -0.39 is 21.7 Å². The summed E-state index contributed by atoms with van der Waals surface area (Å²) in [5.74, 6) is -0.920. The lowest BCUT2D eigenvalue weighted by Crippen LogP contribution is -2.42. The van der Waals surface area contributed by atoms with Gasteiger partial charge in [0.05, 0.1) is 10.6 Å². The van der Waals surface area contributed by atoms with Crippen LogP contribution in [0.3, 0.4) is 0 Å². The molecule has 0 fully saturated rings. The van der Waals surface area contributed by atoms with E-state index in [4.69, 9.17) is 0 Å². The fourth-order valence-electron chi connectivity index (χ4n) is 2.14. The van der Waals surface area contributed by atoms with Gasteiger partial charge in [-0.3, -0.25) is 9.10 Å². The summed E-state index contributed by atoms with van der Waals surface area (Å²) >= 11 is 0. The van der Waals surface area contributed by atoms with Crippen molar-refractivity contribution >= 4 is 21.6 Å². The molecular formula is C17H19FN2O3S. The van der Waals surface area contributed by atoms with E-state index in [1.807, 2.05) is 0 Å². The first-order valence-electron chi connectivity index (χ1n) is 7.43. The number of carbonyl (C=O) groups is 1. The van der Waals surface area contributed by atoms with Gasteiger partial charge in [-0.2, -0.15) is 0 Å². The molecular weight excluding hydrogens is 331 g/mol. The van der Waals surface area contributed by atoms with Gasteiger partial charge in [0.15, 0.2) is 0 Å². The van der Waals surface area contributed by atoms with Crippen molar-refractivity contribution in [3.8, 4) is 0 Å². The van der Waals surface area contributed by atoms with Crippen LogP contribution in [0.25, 0.3) is 0 Å². The van der Waals surface area contributed by atoms with Crippen LogP contribution >= 0.6 is 0 Å². The molecule has 2 aromatic rings. The Morgan fingerprint density at radius 1 is 1.08 bits per heavy atom. The second-order valence-electron chi connectivity index (χ2n) is 5.52. The van der Waals surface area contributed by atoms with Crippen LogP contribution in [0.4, 0.5) is 10.1 Å². The topological polar surface area (TPSA) is 66.5 Å².